The van der Waals surface area contributed by atoms with Crippen molar-refractivity contribution >= 4 is 11.4 Å². The van der Waals surface area contributed by atoms with Gasteiger partial charge in [-0.2, -0.15) is 0 Å². The molecule has 1 N–H and O–H groups in total. The second kappa shape index (κ2) is 7.74. The number of nitro groups is 1. The number of nitrogens with one attached hydrogen (secondary N) is 1. The molecule has 1 aromatic rings. The van der Waals surface area contributed by atoms with Gasteiger partial charge in [0.2, 0.25) is 0 Å². The standard InChI is InChI=1S/C14H22N2O3/c1-4-9-15-14-12(10-19-11(3)5-2)7-6-8-13(14)16(17)18/h6-8,11,15H,4-5,9-10H2,1-3H3. The molecule has 0 saturated carbocycles. The predicted molar refractivity (Wildman–Crippen MR) is 76.4 cm³/mol. The van der Waals surface area contributed by atoms with Crippen molar-refractivity contribution in [3.05, 3.63) is 33.9 Å². The third kappa shape index (κ3) is 4.52. The van der Waals surface area contributed by atoms with Gasteiger partial charge in [-0.15, -0.1) is 0 Å². The molecule has 0 aliphatic rings. The number of hydrogen-bond donors (Lipinski definition) is 1. The molecule has 0 aromatic heterocycles. The Morgan fingerprint density at radius 2 is 2.16 bits per heavy atom. The second-order valence-electron chi connectivity index (χ2n) is 4.53. The third-order valence-corrected chi connectivity index (χ3v) is 2.98. The fraction of sp³-hybridized carbons (Fsp3) is 0.571. The van der Waals surface area contributed by atoms with Gasteiger partial charge in [-0.1, -0.05) is 26.0 Å². The molecule has 1 atom stereocenters. The first-order valence-corrected chi connectivity index (χ1v) is 6.71. The van der Waals surface area contributed by atoms with Crippen molar-refractivity contribution in [2.75, 3.05) is 11.9 Å². The molecule has 0 aliphatic carbocycles. The quantitative estimate of drug-likeness (QED) is 0.575. The Kier molecular flexibility index (Phi) is 6.29. The summed E-state index contributed by atoms with van der Waals surface area (Å²) < 4.78 is 5.67. The summed E-state index contributed by atoms with van der Waals surface area (Å²) in [6, 6.07) is 5.09. The smallest absolute Gasteiger partial charge is 0.292 e. The number of anilines is 1. The molecule has 1 rings (SSSR count). The molecule has 19 heavy (non-hydrogen) atoms. The van der Waals surface area contributed by atoms with Crippen LogP contribution < -0.4 is 5.32 Å². The summed E-state index contributed by atoms with van der Waals surface area (Å²) in [5.74, 6) is 0. The van der Waals surface area contributed by atoms with Gasteiger partial charge in [0.1, 0.15) is 5.69 Å². The van der Waals surface area contributed by atoms with E-state index < -0.39 is 0 Å². The first-order chi connectivity index (χ1) is 9.10. The summed E-state index contributed by atoms with van der Waals surface area (Å²) in [5, 5.41) is 14.2. The van der Waals surface area contributed by atoms with Gasteiger partial charge in [-0.3, -0.25) is 10.1 Å². The molecule has 0 radical (unpaired) electrons. The maximum absolute atomic E-state index is 11.1. The summed E-state index contributed by atoms with van der Waals surface area (Å²) in [5.41, 5.74) is 1.53. The molecule has 1 aromatic carbocycles. The molecule has 106 valence electrons. The first-order valence-electron chi connectivity index (χ1n) is 6.71. The Labute approximate surface area is 114 Å². The molecular weight excluding hydrogens is 244 g/mol. The van der Waals surface area contributed by atoms with E-state index in [1.807, 2.05) is 26.8 Å². The Hall–Kier alpha value is -1.62. The SMILES string of the molecule is CCCNc1c(COC(C)CC)cccc1[N+](=O)[O-]. The van der Waals surface area contributed by atoms with Crippen molar-refractivity contribution in [1.29, 1.82) is 0 Å². The van der Waals surface area contributed by atoms with E-state index >= 15 is 0 Å². The molecule has 0 saturated heterocycles. The van der Waals surface area contributed by atoms with E-state index in [0.29, 0.717) is 18.8 Å². The van der Waals surface area contributed by atoms with Crippen LogP contribution in [-0.4, -0.2) is 17.6 Å². The van der Waals surface area contributed by atoms with E-state index in [4.69, 9.17) is 4.74 Å². The van der Waals surface area contributed by atoms with Crippen LogP contribution in [0, 0.1) is 10.1 Å². The molecule has 0 spiro atoms. The highest BCUT2D eigenvalue weighted by Crippen LogP contribution is 2.29. The maximum atomic E-state index is 11.1. The summed E-state index contributed by atoms with van der Waals surface area (Å²) in [6.45, 7) is 7.17. The van der Waals surface area contributed by atoms with E-state index in [9.17, 15) is 10.1 Å². The van der Waals surface area contributed by atoms with Crippen LogP contribution in [0.2, 0.25) is 0 Å². The number of benzene rings is 1. The molecule has 5 nitrogen and oxygen atoms in total. The van der Waals surface area contributed by atoms with Crippen molar-refractivity contribution in [3.63, 3.8) is 0 Å². The largest absolute Gasteiger partial charge is 0.379 e. The minimum absolute atomic E-state index is 0.110. The highest BCUT2D eigenvalue weighted by Gasteiger charge is 2.17. The Balaban J connectivity index is 2.94. The summed E-state index contributed by atoms with van der Waals surface area (Å²) in [6.07, 6.45) is 1.99. The summed E-state index contributed by atoms with van der Waals surface area (Å²) in [4.78, 5) is 10.7. The first kappa shape index (κ1) is 15.4. The van der Waals surface area contributed by atoms with Crippen LogP contribution in [0.15, 0.2) is 18.2 Å². The lowest BCUT2D eigenvalue weighted by Gasteiger charge is -2.14. The van der Waals surface area contributed by atoms with Crippen LogP contribution in [0.3, 0.4) is 0 Å². The number of ether oxygens (including phenoxy) is 1. The number of nitrogens with zero attached hydrogens (tertiary/aromatic N) is 1. The summed E-state index contributed by atoms with van der Waals surface area (Å²) >= 11 is 0. The minimum Gasteiger partial charge on any atom is -0.379 e. The van der Waals surface area contributed by atoms with Crippen LogP contribution in [0.1, 0.15) is 39.2 Å². The Morgan fingerprint density at radius 3 is 2.74 bits per heavy atom. The average Bonchev–Trinajstić information content (AvgIpc) is 2.42. The van der Waals surface area contributed by atoms with Crippen molar-refractivity contribution in [3.8, 4) is 0 Å². The predicted octanol–water partition coefficient (Wildman–Crippen LogP) is 3.73. The molecule has 0 bridgehead atoms. The van der Waals surface area contributed by atoms with E-state index in [1.54, 1.807) is 6.07 Å². The number of para-hydroxylation sites is 1. The van der Waals surface area contributed by atoms with E-state index in [0.717, 1.165) is 18.4 Å². The van der Waals surface area contributed by atoms with E-state index in [2.05, 4.69) is 5.32 Å². The zero-order chi connectivity index (χ0) is 14.3. The molecule has 1 unspecified atom stereocenters. The summed E-state index contributed by atoms with van der Waals surface area (Å²) in [7, 11) is 0. The lowest BCUT2D eigenvalue weighted by Crippen LogP contribution is -2.10. The molecule has 0 fully saturated rings. The molecular formula is C14H22N2O3. The molecule has 0 aliphatic heterocycles. The van der Waals surface area contributed by atoms with Crippen molar-refractivity contribution < 1.29 is 9.66 Å². The monoisotopic (exact) mass is 266 g/mol. The highest BCUT2D eigenvalue weighted by molar-refractivity contribution is 5.66. The normalized spacial score (nSPS) is 12.2. The molecule has 0 heterocycles. The topological polar surface area (TPSA) is 64.4 Å². The fourth-order valence-electron chi connectivity index (χ4n) is 1.66. The number of hydrogen-bond acceptors (Lipinski definition) is 4. The van der Waals surface area contributed by atoms with Gasteiger partial charge < -0.3 is 10.1 Å². The van der Waals surface area contributed by atoms with E-state index in [-0.39, 0.29) is 16.7 Å². The van der Waals surface area contributed by atoms with Gasteiger partial charge in [0.05, 0.1) is 17.6 Å². The van der Waals surface area contributed by atoms with Gasteiger partial charge in [0, 0.05) is 18.2 Å². The zero-order valence-electron chi connectivity index (χ0n) is 11.8. The lowest BCUT2D eigenvalue weighted by atomic mass is 10.1. The zero-order valence-corrected chi connectivity index (χ0v) is 11.8. The molecule has 5 heteroatoms. The highest BCUT2D eigenvalue weighted by atomic mass is 16.6. The van der Waals surface area contributed by atoms with E-state index in [1.165, 1.54) is 6.07 Å². The van der Waals surface area contributed by atoms with Crippen LogP contribution in [0.4, 0.5) is 11.4 Å². The van der Waals surface area contributed by atoms with Crippen LogP contribution in [0.25, 0.3) is 0 Å². The molecule has 0 amide bonds. The van der Waals surface area contributed by atoms with Gasteiger partial charge in [-0.25, -0.2) is 0 Å². The second-order valence-corrected chi connectivity index (χ2v) is 4.53. The fourth-order valence-corrected chi connectivity index (χ4v) is 1.66. The van der Waals surface area contributed by atoms with Crippen molar-refractivity contribution in [2.45, 2.75) is 46.3 Å². The van der Waals surface area contributed by atoms with Gasteiger partial charge in [0.25, 0.3) is 5.69 Å². The van der Waals surface area contributed by atoms with Gasteiger partial charge in [-0.05, 0) is 19.8 Å². The lowest BCUT2D eigenvalue weighted by molar-refractivity contribution is -0.384. The van der Waals surface area contributed by atoms with Crippen LogP contribution in [-0.2, 0) is 11.3 Å². The third-order valence-electron chi connectivity index (χ3n) is 2.98. The Morgan fingerprint density at radius 1 is 1.42 bits per heavy atom. The van der Waals surface area contributed by atoms with Gasteiger partial charge >= 0.3 is 0 Å². The van der Waals surface area contributed by atoms with Crippen molar-refractivity contribution in [1.82, 2.24) is 0 Å². The number of rotatable bonds is 8. The minimum atomic E-state index is -0.356. The van der Waals surface area contributed by atoms with Crippen LogP contribution >= 0.6 is 0 Å². The van der Waals surface area contributed by atoms with Crippen LogP contribution in [0.5, 0.6) is 0 Å². The number of nitro benzene ring substituents is 1. The van der Waals surface area contributed by atoms with Gasteiger partial charge in [0.15, 0.2) is 0 Å². The van der Waals surface area contributed by atoms with Crippen molar-refractivity contribution in [2.24, 2.45) is 0 Å². The Bertz CT molecular complexity index is 421. The maximum Gasteiger partial charge on any atom is 0.292 e. The average molecular weight is 266 g/mol.